The summed E-state index contributed by atoms with van der Waals surface area (Å²) in [6, 6.07) is 18.9. The number of carbonyl (C=O) groups is 5. The first-order chi connectivity index (χ1) is 29.3. The largest absolute Gasteiger partial charge is 0.586 e. The number of halogens is 3. The van der Waals surface area contributed by atoms with Crippen LogP contribution in [-0.4, -0.2) is 77.8 Å². The molecule has 61 heavy (non-hydrogen) atoms. The number of ether oxygens (including phenoxy) is 2. The molecule has 0 spiro atoms. The minimum absolute atomic E-state index is 0.0183. The Labute approximate surface area is 360 Å². The molecular weight excluding hydrogens is 830 g/mol. The highest BCUT2D eigenvalue weighted by molar-refractivity contribution is 7.16. The average molecular weight is 877 g/mol. The summed E-state index contributed by atoms with van der Waals surface area (Å²) in [6.07, 6.45) is 2.81. The first-order valence-electron chi connectivity index (χ1n) is 20.4. The predicted octanol–water partition coefficient (Wildman–Crippen LogP) is 7.18. The predicted molar refractivity (Wildman–Crippen MR) is 227 cm³/mol. The number of nitrogens with one attached hydrogen (secondary N) is 4. The fourth-order valence-electron chi connectivity index (χ4n) is 7.33. The van der Waals surface area contributed by atoms with Gasteiger partial charge in [-0.05, 0) is 92.6 Å². The van der Waals surface area contributed by atoms with Crippen molar-refractivity contribution < 1.29 is 42.2 Å². The van der Waals surface area contributed by atoms with Gasteiger partial charge in [-0.25, -0.2) is 4.98 Å². The van der Waals surface area contributed by atoms with Gasteiger partial charge < -0.3 is 35.6 Å². The van der Waals surface area contributed by atoms with E-state index in [0.717, 1.165) is 47.5 Å². The highest BCUT2D eigenvalue weighted by atomic mass is 35.5. The van der Waals surface area contributed by atoms with Gasteiger partial charge in [-0.2, -0.15) is 0 Å². The van der Waals surface area contributed by atoms with Crippen molar-refractivity contribution in [1.82, 2.24) is 20.5 Å². The molecule has 0 unspecified atom stereocenters. The lowest BCUT2D eigenvalue weighted by Crippen LogP contribution is -2.54. The fraction of sp³-hybridized carbons (Fsp3) is 0.409. The van der Waals surface area contributed by atoms with Gasteiger partial charge >= 0.3 is 6.29 Å². The molecule has 2 aromatic carbocycles. The molecule has 17 heteroatoms. The number of hydrogen-bond donors (Lipinski definition) is 4. The molecule has 4 N–H and O–H groups in total. The minimum atomic E-state index is -3.74. The molecule has 2 aromatic heterocycles. The van der Waals surface area contributed by atoms with Gasteiger partial charge in [0.05, 0.1) is 22.0 Å². The van der Waals surface area contributed by atoms with E-state index in [9.17, 15) is 32.8 Å². The topological polar surface area (TPSA) is 168 Å². The third-order valence-corrected chi connectivity index (χ3v) is 12.4. The van der Waals surface area contributed by atoms with E-state index in [1.807, 2.05) is 31.2 Å². The molecule has 7 rings (SSSR count). The third-order valence-electron chi connectivity index (χ3n) is 11.1. The molecule has 4 heterocycles. The molecule has 322 valence electrons. The van der Waals surface area contributed by atoms with Crippen LogP contribution in [0, 0.1) is 12.8 Å². The van der Waals surface area contributed by atoms with E-state index in [1.54, 1.807) is 35.2 Å². The quantitative estimate of drug-likeness (QED) is 0.0568. The zero-order valence-corrected chi connectivity index (χ0v) is 35.2. The number of rotatable bonds is 19. The lowest BCUT2D eigenvalue weighted by Gasteiger charge is -2.37. The number of benzene rings is 2. The van der Waals surface area contributed by atoms with Gasteiger partial charge in [0.25, 0.3) is 5.91 Å². The van der Waals surface area contributed by atoms with Crippen LogP contribution in [-0.2, 0) is 31.0 Å². The van der Waals surface area contributed by atoms with Gasteiger partial charge in [-0.1, -0.05) is 43.5 Å². The highest BCUT2D eigenvalue weighted by Crippen LogP contribution is 2.52. The molecule has 1 saturated carbocycles. The monoisotopic (exact) mass is 876 g/mol. The molecule has 3 aliphatic rings. The number of hydrogen-bond acceptors (Lipinski definition) is 9. The number of alkyl halides is 3. The van der Waals surface area contributed by atoms with Gasteiger partial charge in [0.2, 0.25) is 23.6 Å². The smallest absolute Gasteiger partial charge is 0.395 e. The Kier molecular flexibility index (Phi) is 13.5. The van der Waals surface area contributed by atoms with E-state index in [-0.39, 0.29) is 52.8 Å². The number of likely N-dealkylation sites (tertiary alicyclic amines) is 1. The molecule has 5 amide bonds. The molecule has 4 aromatic rings. The summed E-state index contributed by atoms with van der Waals surface area (Å²) >= 11 is 7.01. The zero-order valence-electron chi connectivity index (χ0n) is 33.6. The lowest BCUT2D eigenvalue weighted by atomic mass is 9.94. The second kappa shape index (κ2) is 19.0. The number of anilines is 2. The van der Waals surface area contributed by atoms with Crippen LogP contribution >= 0.6 is 22.9 Å². The third kappa shape index (κ3) is 10.8. The molecule has 0 bridgehead atoms. The molecule has 13 nitrogen and oxygen atoms in total. The number of pyridine rings is 1. The molecule has 1 saturated heterocycles. The first kappa shape index (κ1) is 43.5. The van der Waals surface area contributed by atoms with E-state index in [0.29, 0.717) is 80.1 Å². The summed E-state index contributed by atoms with van der Waals surface area (Å²) in [6.45, 7) is 3.77. The summed E-state index contributed by atoms with van der Waals surface area (Å²) in [5, 5.41) is 12.5. The van der Waals surface area contributed by atoms with Crippen molar-refractivity contribution in [3.63, 3.8) is 0 Å². The van der Waals surface area contributed by atoms with Crippen LogP contribution in [0.2, 0.25) is 0 Å². The summed E-state index contributed by atoms with van der Waals surface area (Å²) in [4.78, 5) is 70.3. The van der Waals surface area contributed by atoms with Crippen molar-refractivity contribution in [1.29, 1.82) is 0 Å². The molecule has 2 aliphatic heterocycles. The van der Waals surface area contributed by atoms with Crippen molar-refractivity contribution in [2.24, 2.45) is 5.92 Å². The molecule has 0 atom stereocenters. The average Bonchev–Trinajstić information content (AvgIpc) is 3.82. The van der Waals surface area contributed by atoms with E-state index in [2.05, 4.69) is 30.7 Å². The van der Waals surface area contributed by atoms with Crippen LogP contribution in [0.15, 0.2) is 66.7 Å². The Morgan fingerprint density at radius 1 is 0.869 bits per heavy atom. The Morgan fingerprint density at radius 3 is 2.36 bits per heavy atom. The van der Waals surface area contributed by atoms with Gasteiger partial charge in [0.1, 0.15) is 11.7 Å². The van der Waals surface area contributed by atoms with Gasteiger partial charge in [-0.15, -0.1) is 31.7 Å². The normalized spacial score (nSPS) is 15.7. The van der Waals surface area contributed by atoms with Gasteiger partial charge in [0, 0.05) is 48.6 Å². The Bertz CT molecular complexity index is 2300. The van der Waals surface area contributed by atoms with Crippen molar-refractivity contribution in [3.05, 3.63) is 88.3 Å². The van der Waals surface area contributed by atoms with Crippen molar-refractivity contribution in [2.75, 3.05) is 42.7 Å². The maximum absolute atomic E-state index is 13.6. The second-order valence-electron chi connectivity index (χ2n) is 15.6. The van der Waals surface area contributed by atoms with E-state index in [4.69, 9.17) is 16.6 Å². The van der Waals surface area contributed by atoms with Crippen LogP contribution in [0.4, 0.5) is 19.6 Å². The molecule has 2 fully saturated rings. The molecule has 0 radical (unpaired) electrons. The number of aromatic nitrogens is 1. The van der Waals surface area contributed by atoms with E-state index < -0.39 is 11.7 Å². The SMILES string of the molecule is Cc1ccc(NC(=O)C2(c3ccc4c(c3)OC(F)(F)O4)CC2)nc1-c1cccc(C(=O)NCCCCCCCNC(=O)CCc2ccc(NC(=O)C3CN(C(=O)CCl)C3)s2)c1. The van der Waals surface area contributed by atoms with Gasteiger partial charge in [0.15, 0.2) is 11.5 Å². The summed E-state index contributed by atoms with van der Waals surface area (Å²) in [5.74, 6) is -0.995. The first-order valence-corrected chi connectivity index (χ1v) is 21.8. The highest BCUT2D eigenvalue weighted by Gasteiger charge is 2.53. The maximum Gasteiger partial charge on any atom is 0.586 e. The van der Waals surface area contributed by atoms with Crippen LogP contribution in [0.5, 0.6) is 11.5 Å². The Balaban J connectivity index is 0.772. The number of unbranched alkanes of at least 4 members (excludes halogenated alkanes) is 4. The number of carbonyl (C=O) groups excluding carboxylic acids is 5. The standard InChI is InChI=1S/C44H47ClF2N6O7S/c1-27-10-15-35(51-42(58)43(18-19-43)31-11-14-33-34(23-31)60-44(46,47)59-33)50-39(27)28-8-7-9-29(22-28)40(56)49-21-6-4-2-3-5-20-48-36(54)16-12-32-13-17-37(61-32)52-41(57)30-25-53(26-30)38(55)24-45/h7-11,13-15,17,22-23,30H,2-6,12,16,18-21,24-26H2,1H3,(H,48,54)(H,49,56)(H,52,57)(H,50,51,58). The summed E-state index contributed by atoms with van der Waals surface area (Å²) in [7, 11) is 0. The number of thiophene rings is 1. The van der Waals surface area contributed by atoms with Crippen LogP contribution in [0.1, 0.15) is 77.7 Å². The Morgan fingerprint density at radius 2 is 1.61 bits per heavy atom. The van der Waals surface area contributed by atoms with E-state index >= 15 is 0 Å². The summed E-state index contributed by atoms with van der Waals surface area (Å²) < 4.78 is 36.2. The summed E-state index contributed by atoms with van der Waals surface area (Å²) in [5.41, 5.74) is 2.33. The van der Waals surface area contributed by atoms with Crippen molar-refractivity contribution >= 4 is 63.3 Å². The lowest BCUT2D eigenvalue weighted by molar-refractivity contribution is -0.286. The minimum Gasteiger partial charge on any atom is -0.395 e. The molecule has 1 aliphatic carbocycles. The van der Waals surface area contributed by atoms with Crippen LogP contribution < -0.4 is 30.7 Å². The number of nitrogens with zero attached hydrogens (tertiary/aromatic N) is 2. The van der Waals surface area contributed by atoms with Crippen LogP contribution in [0.3, 0.4) is 0 Å². The number of fused-ring (bicyclic) bond motifs is 1. The van der Waals surface area contributed by atoms with Gasteiger partial charge in [-0.3, -0.25) is 24.0 Å². The fourth-order valence-corrected chi connectivity index (χ4v) is 8.40. The maximum atomic E-state index is 13.6. The van der Waals surface area contributed by atoms with Crippen molar-refractivity contribution in [2.45, 2.75) is 76.4 Å². The van der Waals surface area contributed by atoms with E-state index in [1.165, 1.54) is 23.5 Å². The Hall–Kier alpha value is -5.61. The number of amides is 5. The van der Waals surface area contributed by atoms with Crippen LogP contribution in [0.25, 0.3) is 11.3 Å². The second-order valence-corrected chi connectivity index (χ2v) is 17.0. The zero-order chi connectivity index (χ0) is 43.1. The number of aryl methyl sites for hydroxylation is 2. The molecular formula is C44H47ClF2N6O7S. The van der Waals surface area contributed by atoms with Crippen molar-refractivity contribution in [3.8, 4) is 22.8 Å².